The third-order valence-corrected chi connectivity index (χ3v) is 11.9. The van der Waals surface area contributed by atoms with E-state index in [0.717, 1.165) is 39.6 Å². The first-order chi connectivity index (χ1) is 26.9. The molecule has 0 aliphatic carbocycles. The molecule has 0 spiro atoms. The molecule has 0 radical (unpaired) electrons. The maximum Gasteiger partial charge on any atom is 0.263 e. The summed E-state index contributed by atoms with van der Waals surface area (Å²) in [5, 5.41) is 15.7. The highest BCUT2D eigenvalue weighted by atomic mass is 35.5. The molecule has 2 N–H and O–H groups in total. The van der Waals surface area contributed by atoms with Gasteiger partial charge in [0.05, 0.1) is 11.3 Å². The molecule has 15 heteroatoms. The zero-order chi connectivity index (χ0) is 39.7. The number of unbranched alkanes of at least 4 members (excludes halogenated alkanes) is 2. The van der Waals surface area contributed by atoms with Crippen molar-refractivity contribution in [3.05, 3.63) is 98.4 Å². The number of halogens is 1. The summed E-state index contributed by atoms with van der Waals surface area (Å²) >= 11 is 7.89. The number of carbonyl (C=O) groups excluding carboxylic acids is 5. The fraction of sp³-hybridized carbons (Fsp3) is 0.366. The van der Waals surface area contributed by atoms with Crippen LogP contribution < -0.4 is 15.4 Å². The molecule has 7 rings (SSSR count). The van der Waals surface area contributed by atoms with Crippen LogP contribution in [-0.2, 0) is 19.2 Å². The molecule has 0 saturated carbocycles. The number of imide groups is 1. The summed E-state index contributed by atoms with van der Waals surface area (Å²) in [6.45, 7) is 10.2. The van der Waals surface area contributed by atoms with Crippen molar-refractivity contribution in [1.82, 2.24) is 30.3 Å². The van der Waals surface area contributed by atoms with Gasteiger partial charge in [0.15, 0.2) is 12.4 Å². The number of Topliss-reactive ketones (excluding diaryl/α,β-unsaturated/α-hetero) is 1. The maximum atomic E-state index is 13.5. The molecular formula is C41H42ClN7O6S. The first-order valence-corrected chi connectivity index (χ1v) is 19.9. The molecule has 56 heavy (non-hydrogen) atoms. The van der Waals surface area contributed by atoms with Crippen LogP contribution in [0, 0.1) is 20.8 Å². The molecule has 4 aromatic rings. The van der Waals surface area contributed by atoms with Gasteiger partial charge in [-0.25, -0.2) is 0 Å². The van der Waals surface area contributed by atoms with Gasteiger partial charge in [-0.15, -0.1) is 21.5 Å². The van der Waals surface area contributed by atoms with Crippen molar-refractivity contribution in [3.8, 4) is 10.8 Å². The monoisotopic (exact) mass is 795 g/mol. The molecule has 2 aromatic heterocycles. The lowest BCUT2D eigenvalue weighted by atomic mass is 9.99. The number of thiophene rings is 1. The van der Waals surface area contributed by atoms with Gasteiger partial charge in [-0.2, -0.15) is 0 Å². The van der Waals surface area contributed by atoms with E-state index in [1.54, 1.807) is 29.5 Å². The third kappa shape index (κ3) is 7.67. The number of aromatic nitrogens is 3. The number of fused-ring (bicyclic) bond motifs is 4. The number of ether oxygens (including phenoxy) is 1. The zero-order valence-electron chi connectivity index (χ0n) is 31.4. The summed E-state index contributed by atoms with van der Waals surface area (Å²) in [6, 6.07) is 11.2. The van der Waals surface area contributed by atoms with Crippen LogP contribution in [0.4, 0.5) is 0 Å². The van der Waals surface area contributed by atoms with E-state index < -0.39 is 23.9 Å². The minimum absolute atomic E-state index is 0.0661. The minimum Gasteiger partial charge on any atom is -0.483 e. The van der Waals surface area contributed by atoms with Crippen LogP contribution in [0.3, 0.4) is 0 Å². The van der Waals surface area contributed by atoms with Gasteiger partial charge in [0.25, 0.3) is 11.8 Å². The summed E-state index contributed by atoms with van der Waals surface area (Å²) < 4.78 is 7.83. The number of rotatable bonds is 13. The Bertz CT molecular complexity index is 2290. The summed E-state index contributed by atoms with van der Waals surface area (Å²) in [5.41, 5.74) is 4.94. The fourth-order valence-electron chi connectivity index (χ4n) is 7.43. The molecule has 5 heterocycles. The SMILES string of the molecule is C=C1c2cccc(OCC(=O)NCCCCCC(=O)C[C@@H]3N=C(c4ccc(Cl)cc4)c4c(sc(C)c4C)-n4c(C)nnc43)c2C(=O)N1[C@H]1CCCC(=O)NC1=O. The average Bonchev–Trinajstić information content (AvgIpc) is 3.69. The second kappa shape index (κ2) is 16.3. The van der Waals surface area contributed by atoms with Crippen LogP contribution in [-0.4, -0.2) is 74.0 Å². The molecule has 2 atom stereocenters. The van der Waals surface area contributed by atoms with E-state index in [9.17, 15) is 24.0 Å². The minimum atomic E-state index is -0.868. The quantitative estimate of drug-likeness (QED) is 0.120. The lowest BCUT2D eigenvalue weighted by Crippen LogP contribution is -2.46. The normalized spacial score (nSPS) is 17.7. The first kappa shape index (κ1) is 38.8. The average molecular weight is 796 g/mol. The molecule has 290 valence electrons. The first-order valence-electron chi connectivity index (χ1n) is 18.7. The number of amides is 4. The topological polar surface area (TPSA) is 165 Å². The van der Waals surface area contributed by atoms with Crippen molar-refractivity contribution < 1.29 is 28.7 Å². The molecule has 13 nitrogen and oxygen atoms in total. The molecular weight excluding hydrogens is 754 g/mol. The van der Waals surface area contributed by atoms with Crippen molar-refractivity contribution in [3.63, 3.8) is 0 Å². The Morgan fingerprint density at radius 2 is 1.82 bits per heavy atom. The highest BCUT2D eigenvalue weighted by molar-refractivity contribution is 7.15. The van der Waals surface area contributed by atoms with Crippen LogP contribution in [0.25, 0.3) is 10.7 Å². The Hall–Kier alpha value is -5.47. The molecule has 2 aromatic carbocycles. The van der Waals surface area contributed by atoms with Gasteiger partial charge < -0.3 is 10.1 Å². The number of nitrogens with one attached hydrogen (secondary N) is 2. The third-order valence-electron chi connectivity index (χ3n) is 10.4. The van der Waals surface area contributed by atoms with E-state index in [1.165, 1.54) is 9.78 Å². The number of ketones is 1. The van der Waals surface area contributed by atoms with Crippen LogP contribution in [0.2, 0.25) is 5.02 Å². The van der Waals surface area contributed by atoms with E-state index in [1.807, 2.05) is 35.8 Å². The van der Waals surface area contributed by atoms with Gasteiger partial charge in [-0.05, 0) is 70.2 Å². The van der Waals surface area contributed by atoms with Crippen LogP contribution in [0.5, 0.6) is 5.75 Å². The summed E-state index contributed by atoms with van der Waals surface area (Å²) in [4.78, 5) is 71.9. The molecule has 1 saturated heterocycles. The Morgan fingerprint density at radius 1 is 1.04 bits per heavy atom. The fourth-order valence-corrected chi connectivity index (χ4v) is 8.77. The number of benzene rings is 2. The second-order valence-corrected chi connectivity index (χ2v) is 15.9. The molecule has 1 fully saturated rings. The molecule has 3 aliphatic rings. The van der Waals surface area contributed by atoms with Gasteiger partial charge in [0, 0.05) is 58.1 Å². The highest BCUT2D eigenvalue weighted by Crippen LogP contribution is 2.41. The van der Waals surface area contributed by atoms with Crippen LogP contribution in [0.1, 0.15) is 107 Å². The highest BCUT2D eigenvalue weighted by Gasteiger charge is 2.42. The number of aliphatic imine (C=N–C) groups is 1. The van der Waals surface area contributed by atoms with Crippen LogP contribution in [0.15, 0.2) is 54.0 Å². The molecule has 0 unspecified atom stereocenters. The van der Waals surface area contributed by atoms with Crippen molar-refractivity contribution >= 4 is 63.8 Å². The Kier molecular flexibility index (Phi) is 11.3. The summed E-state index contributed by atoms with van der Waals surface area (Å²) in [7, 11) is 0. The smallest absolute Gasteiger partial charge is 0.263 e. The second-order valence-electron chi connectivity index (χ2n) is 14.2. The molecule has 4 amide bonds. The van der Waals surface area contributed by atoms with E-state index >= 15 is 0 Å². The van der Waals surface area contributed by atoms with Gasteiger partial charge in [0.1, 0.15) is 34.4 Å². The maximum absolute atomic E-state index is 13.5. The van der Waals surface area contributed by atoms with Gasteiger partial charge >= 0.3 is 0 Å². The Morgan fingerprint density at radius 3 is 2.61 bits per heavy atom. The summed E-state index contributed by atoms with van der Waals surface area (Å²) in [5.74, 6) is -0.0757. The number of carbonyl (C=O) groups is 5. The van der Waals surface area contributed by atoms with Crippen molar-refractivity contribution in [2.45, 2.75) is 84.2 Å². The largest absolute Gasteiger partial charge is 0.483 e. The Labute approximate surface area is 333 Å². The van der Waals surface area contributed by atoms with Gasteiger partial charge in [0.2, 0.25) is 11.8 Å². The van der Waals surface area contributed by atoms with E-state index in [4.69, 9.17) is 21.3 Å². The van der Waals surface area contributed by atoms with Crippen molar-refractivity contribution in [2.24, 2.45) is 4.99 Å². The summed E-state index contributed by atoms with van der Waals surface area (Å²) in [6.07, 6.45) is 3.56. The predicted molar refractivity (Wildman–Crippen MR) is 212 cm³/mol. The van der Waals surface area contributed by atoms with Crippen molar-refractivity contribution in [1.29, 1.82) is 0 Å². The van der Waals surface area contributed by atoms with E-state index in [-0.39, 0.29) is 48.4 Å². The standard InChI is InChI=1S/C41H42ClN7O6S/c1-22-24(3)56-41-35(22)37(26-15-17-27(42)18-16-26)44-30(38-47-46-25(4)49(38)41)20-28(50)10-6-5-7-19-43-34(52)21-55-32-13-8-11-29-23(2)48(40(54)36(29)32)31-12-9-14-33(51)45-39(31)53/h8,11,13,15-18,30-31H,2,5-7,9-10,12,14,19-21H2,1,3-4H3,(H,43,52)(H,45,51,53)/t30-,31-/m0/s1. The lowest BCUT2D eigenvalue weighted by Gasteiger charge is -2.26. The van der Waals surface area contributed by atoms with Gasteiger partial charge in [-0.3, -0.25) is 43.7 Å². The van der Waals surface area contributed by atoms with Crippen LogP contribution >= 0.6 is 22.9 Å². The van der Waals surface area contributed by atoms with Gasteiger partial charge in [-0.1, -0.05) is 48.9 Å². The van der Waals surface area contributed by atoms with E-state index in [0.29, 0.717) is 60.8 Å². The number of nitrogens with zero attached hydrogens (tertiary/aromatic N) is 5. The number of hydrogen-bond acceptors (Lipinski definition) is 10. The molecule has 0 bridgehead atoms. The molecule has 3 aliphatic heterocycles. The lowest BCUT2D eigenvalue weighted by molar-refractivity contribution is -0.131. The van der Waals surface area contributed by atoms with Crippen molar-refractivity contribution in [2.75, 3.05) is 13.2 Å². The number of aryl methyl sites for hydroxylation is 2. The van der Waals surface area contributed by atoms with E-state index in [2.05, 4.69) is 41.3 Å². The predicted octanol–water partition coefficient (Wildman–Crippen LogP) is 6.14. The zero-order valence-corrected chi connectivity index (χ0v) is 33.0. The Balaban J connectivity index is 0.906. The number of hydrogen-bond donors (Lipinski definition) is 2.